The zero-order valence-corrected chi connectivity index (χ0v) is 18.1. The highest BCUT2D eigenvalue weighted by Crippen LogP contribution is 2.34. The molecule has 1 atom stereocenters. The van der Waals surface area contributed by atoms with Crippen molar-refractivity contribution < 1.29 is 9.59 Å². The maximum atomic E-state index is 13.3. The summed E-state index contributed by atoms with van der Waals surface area (Å²) in [6.07, 6.45) is -0.0282. The Morgan fingerprint density at radius 1 is 1.03 bits per heavy atom. The summed E-state index contributed by atoms with van der Waals surface area (Å²) in [5.41, 5.74) is 3.97. The standard InChI is InChI=1S/C23H20N4O3S/c1-12-8-9-15(10-13(12)2)26-19(28)11-16(21(26)29)20-14(3)25-27(22(20)30)23-24-17-6-4-5-7-18(17)31-23/h4-10,16,25H,11H2,1-3H3/t16-/m0/s1. The third kappa shape index (κ3) is 3.02. The second-order valence-electron chi connectivity index (χ2n) is 7.85. The van der Waals surface area contributed by atoms with E-state index in [1.54, 1.807) is 13.0 Å². The van der Waals surface area contributed by atoms with Gasteiger partial charge in [0.25, 0.3) is 5.56 Å². The predicted molar refractivity (Wildman–Crippen MR) is 120 cm³/mol. The highest BCUT2D eigenvalue weighted by Gasteiger charge is 2.43. The van der Waals surface area contributed by atoms with Gasteiger partial charge in [0.1, 0.15) is 0 Å². The van der Waals surface area contributed by atoms with Crippen molar-refractivity contribution in [3.05, 3.63) is 75.2 Å². The minimum Gasteiger partial charge on any atom is -0.293 e. The van der Waals surface area contributed by atoms with Gasteiger partial charge in [0.2, 0.25) is 16.9 Å². The molecule has 1 saturated heterocycles. The van der Waals surface area contributed by atoms with E-state index in [-0.39, 0.29) is 23.8 Å². The van der Waals surface area contributed by atoms with Gasteiger partial charge in [0.05, 0.1) is 27.4 Å². The Hall–Kier alpha value is -3.52. The van der Waals surface area contributed by atoms with E-state index in [1.165, 1.54) is 20.9 Å². The largest absolute Gasteiger partial charge is 0.293 e. The number of anilines is 1. The van der Waals surface area contributed by atoms with Crippen molar-refractivity contribution in [2.24, 2.45) is 0 Å². The lowest BCUT2D eigenvalue weighted by Crippen LogP contribution is -2.31. The molecule has 0 unspecified atom stereocenters. The van der Waals surface area contributed by atoms with Gasteiger partial charge in [-0.1, -0.05) is 29.5 Å². The lowest BCUT2D eigenvalue weighted by molar-refractivity contribution is -0.121. The Morgan fingerprint density at radius 2 is 1.81 bits per heavy atom. The number of para-hydroxylation sites is 1. The van der Waals surface area contributed by atoms with Crippen LogP contribution in [0.1, 0.15) is 34.7 Å². The molecule has 31 heavy (non-hydrogen) atoms. The number of carbonyl (C=O) groups is 2. The van der Waals surface area contributed by atoms with Gasteiger partial charge in [0.15, 0.2) is 0 Å². The van der Waals surface area contributed by atoms with E-state index < -0.39 is 5.92 Å². The number of nitrogens with one attached hydrogen (secondary N) is 1. The molecule has 2 aromatic heterocycles. The van der Waals surface area contributed by atoms with E-state index in [0.29, 0.717) is 22.1 Å². The summed E-state index contributed by atoms with van der Waals surface area (Å²) in [4.78, 5) is 45.0. The fourth-order valence-corrected chi connectivity index (χ4v) is 4.98. The first-order valence-electron chi connectivity index (χ1n) is 9.96. The van der Waals surface area contributed by atoms with E-state index in [2.05, 4.69) is 10.1 Å². The number of hydrogen-bond donors (Lipinski definition) is 1. The van der Waals surface area contributed by atoms with E-state index >= 15 is 0 Å². The normalized spacial score (nSPS) is 16.6. The molecule has 0 bridgehead atoms. The molecule has 4 aromatic rings. The molecular weight excluding hydrogens is 412 g/mol. The Labute approximate surface area is 181 Å². The lowest BCUT2D eigenvalue weighted by Gasteiger charge is -2.16. The van der Waals surface area contributed by atoms with Crippen LogP contribution in [0.4, 0.5) is 5.69 Å². The van der Waals surface area contributed by atoms with Crippen molar-refractivity contribution >= 4 is 39.1 Å². The molecule has 7 nitrogen and oxygen atoms in total. The first kappa shape index (κ1) is 19.4. The fraction of sp³-hybridized carbons (Fsp3) is 0.217. The molecule has 1 fully saturated rings. The van der Waals surface area contributed by atoms with E-state index in [9.17, 15) is 14.4 Å². The second kappa shape index (κ2) is 7.02. The van der Waals surface area contributed by atoms with Crippen molar-refractivity contribution in [2.75, 3.05) is 4.90 Å². The van der Waals surface area contributed by atoms with E-state index in [0.717, 1.165) is 21.3 Å². The van der Waals surface area contributed by atoms with Gasteiger partial charge in [-0.2, -0.15) is 4.68 Å². The average molecular weight is 433 g/mol. The Morgan fingerprint density at radius 3 is 2.55 bits per heavy atom. The number of aromatic nitrogens is 3. The van der Waals surface area contributed by atoms with Crippen molar-refractivity contribution in [2.45, 2.75) is 33.1 Å². The Bertz CT molecular complexity index is 1400. The molecule has 0 saturated carbocycles. The number of aryl methyl sites for hydroxylation is 3. The summed E-state index contributed by atoms with van der Waals surface area (Å²) in [5.74, 6) is -1.48. The molecule has 1 aliphatic rings. The molecule has 2 amide bonds. The van der Waals surface area contributed by atoms with Crippen LogP contribution in [-0.2, 0) is 9.59 Å². The quantitative estimate of drug-likeness (QED) is 0.500. The van der Waals surface area contributed by atoms with Crippen LogP contribution in [0, 0.1) is 20.8 Å². The van der Waals surface area contributed by atoms with Crippen LogP contribution in [0.25, 0.3) is 15.3 Å². The van der Waals surface area contributed by atoms with Crippen molar-refractivity contribution in [3.8, 4) is 5.13 Å². The predicted octanol–water partition coefficient (Wildman–Crippen LogP) is 3.75. The van der Waals surface area contributed by atoms with Gasteiger partial charge in [-0.3, -0.25) is 19.5 Å². The molecule has 156 valence electrons. The maximum Gasteiger partial charge on any atom is 0.277 e. The summed E-state index contributed by atoms with van der Waals surface area (Å²) in [7, 11) is 0. The van der Waals surface area contributed by atoms with Gasteiger partial charge < -0.3 is 0 Å². The maximum absolute atomic E-state index is 13.3. The highest BCUT2D eigenvalue weighted by atomic mass is 32.1. The number of carbonyl (C=O) groups excluding carboxylic acids is 2. The van der Waals surface area contributed by atoms with Crippen LogP contribution in [0.3, 0.4) is 0 Å². The first-order valence-corrected chi connectivity index (χ1v) is 10.8. The molecule has 3 heterocycles. The Balaban J connectivity index is 1.55. The van der Waals surface area contributed by atoms with E-state index in [4.69, 9.17) is 0 Å². The smallest absolute Gasteiger partial charge is 0.277 e. The molecule has 5 rings (SSSR count). The number of H-pyrrole nitrogens is 1. The average Bonchev–Trinajstić information content (AvgIpc) is 3.37. The number of rotatable bonds is 3. The van der Waals surface area contributed by atoms with Crippen LogP contribution >= 0.6 is 11.3 Å². The lowest BCUT2D eigenvalue weighted by atomic mass is 9.98. The third-order valence-corrected chi connectivity index (χ3v) is 6.86. The van der Waals surface area contributed by atoms with Crippen LogP contribution in [-0.4, -0.2) is 26.6 Å². The number of nitrogens with zero attached hydrogens (tertiary/aromatic N) is 3. The van der Waals surface area contributed by atoms with Crippen LogP contribution < -0.4 is 10.5 Å². The minimum absolute atomic E-state index is 0.0282. The summed E-state index contributed by atoms with van der Waals surface area (Å²) in [5, 5.41) is 3.55. The van der Waals surface area contributed by atoms with Gasteiger partial charge in [-0.15, -0.1) is 0 Å². The van der Waals surface area contributed by atoms with Gasteiger partial charge >= 0.3 is 0 Å². The monoisotopic (exact) mass is 432 g/mol. The molecule has 8 heteroatoms. The van der Waals surface area contributed by atoms with Gasteiger partial charge in [0, 0.05) is 12.1 Å². The van der Waals surface area contributed by atoms with E-state index in [1.807, 2.05) is 50.2 Å². The van der Waals surface area contributed by atoms with Crippen molar-refractivity contribution in [1.82, 2.24) is 14.8 Å². The summed E-state index contributed by atoms with van der Waals surface area (Å²) >= 11 is 1.39. The van der Waals surface area contributed by atoms with Crippen molar-refractivity contribution in [3.63, 3.8) is 0 Å². The number of thiazole rings is 1. The number of amides is 2. The zero-order valence-electron chi connectivity index (χ0n) is 17.3. The molecule has 0 aliphatic carbocycles. The number of imide groups is 1. The number of hydrogen-bond acceptors (Lipinski definition) is 5. The third-order valence-electron chi connectivity index (χ3n) is 5.83. The molecule has 1 N–H and O–H groups in total. The van der Waals surface area contributed by atoms with Crippen molar-refractivity contribution in [1.29, 1.82) is 0 Å². The molecule has 2 aromatic carbocycles. The molecular formula is C23H20N4O3S. The molecule has 1 aliphatic heterocycles. The molecule has 0 radical (unpaired) electrons. The number of fused-ring (bicyclic) bond motifs is 1. The van der Waals surface area contributed by atoms with Crippen LogP contribution in [0.5, 0.6) is 0 Å². The Kier molecular flexibility index (Phi) is 4.40. The van der Waals surface area contributed by atoms with Crippen LogP contribution in [0.2, 0.25) is 0 Å². The van der Waals surface area contributed by atoms with Gasteiger partial charge in [-0.25, -0.2) is 9.88 Å². The minimum atomic E-state index is -0.812. The zero-order chi connectivity index (χ0) is 21.9. The number of benzene rings is 2. The molecule has 0 spiro atoms. The highest BCUT2D eigenvalue weighted by molar-refractivity contribution is 7.20. The second-order valence-corrected chi connectivity index (χ2v) is 8.86. The summed E-state index contributed by atoms with van der Waals surface area (Å²) in [6.45, 7) is 5.66. The van der Waals surface area contributed by atoms with Crippen LogP contribution in [0.15, 0.2) is 47.3 Å². The first-order chi connectivity index (χ1) is 14.8. The topological polar surface area (TPSA) is 88.1 Å². The number of aromatic amines is 1. The SMILES string of the molecule is Cc1ccc(N2C(=O)C[C@@H](c3c(C)[nH]n(-c4nc5ccccc5s4)c3=O)C2=O)cc1C. The summed E-state index contributed by atoms with van der Waals surface area (Å²) in [6, 6.07) is 13.1. The van der Waals surface area contributed by atoms with Gasteiger partial charge in [-0.05, 0) is 56.2 Å². The summed E-state index contributed by atoms with van der Waals surface area (Å²) < 4.78 is 2.33. The fourth-order valence-electron chi connectivity index (χ4n) is 4.05.